The van der Waals surface area contributed by atoms with E-state index in [1.807, 2.05) is 49.4 Å². The van der Waals surface area contributed by atoms with Gasteiger partial charge in [-0.05, 0) is 34.9 Å². The van der Waals surface area contributed by atoms with Crippen LogP contribution in [0.1, 0.15) is 29.7 Å². The third-order valence-electron chi connectivity index (χ3n) is 4.99. The van der Waals surface area contributed by atoms with Gasteiger partial charge in [-0.3, -0.25) is 9.78 Å². The highest BCUT2D eigenvalue weighted by atomic mass is 19.1. The molecule has 0 saturated carbocycles. The second kappa shape index (κ2) is 8.22. The van der Waals surface area contributed by atoms with Gasteiger partial charge in [-0.15, -0.1) is 0 Å². The molecule has 3 atom stereocenters. The van der Waals surface area contributed by atoms with Crippen molar-refractivity contribution in [1.82, 2.24) is 10.3 Å². The summed E-state index contributed by atoms with van der Waals surface area (Å²) in [5, 5.41) is 7.16. The number of halogens is 1. The van der Waals surface area contributed by atoms with Gasteiger partial charge in [-0.1, -0.05) is 60.6 Å². The topological polar surface area (TPSA) is 63.6 Å². The van der Waals surface area contributed by atoms with Crippen LogP contribution in [-0.2, 0) is 9.63 Å². The Morgan fingerprint density at radius 3 is 2.45 bits per heavy atom. The van der Waals surface area contributed by atoms with Crippen LogP contribution < -0.4 is 5.32 Å². The van der Waals surface area contributed by atoms with Crippen LogP contribution >= 0.6 is 0 Å². The summed E-state index contributed by atoms with van der Waals surface area (Å²) >= 11 is 0. The molecule has 29 heavy (non-hydrogen) atoms. The molecule has 0 radical (unpaired) electrons. The first-order valence-corrected chi connectivity index (χ1v) is 9.38. The highest BCUT2D eigenvalue weighted by Gasteiger charge is 2.37. The van der Waals surface area contributed by atoms with Crippen molar-refractivity contribution >= 4 is 11.6 Å². The van der Waals surface area contributed by atoms with E-state index in [1.54, 1.807) is 24.5 Å². The maximum Gasteiger partial charge on any atom is 0.265 e. The zero-order valence-corrected chi connectivity index (χ0v) is 15.8. The van der Waals surface area contributed by atoms with Crippen molar-refractivity contribution in [3.63, 3.8) is 0 Å². The van der Waals surface area contributed by atoms with Gasteiger partial charge in [0.05, 0.1) is 17.7 Å². The van der Waals surface area contributed by atoms with Gasteiger partial charge in [-0.2, -0.15) is 0 Å². The highest BCUT2D eigenvalue weighted by molar-refractivity contribution is 6.05. The fraction of sp³-hybridized carbons (Fsp3) is 0.174. The van der Waals surface area contributed by atoms with Gasteiger partial charge in [-0.25, -0.2) is 4.39 Å². The second-order valence-electron chi connectivity index (χ2n) is 6.94. The van der Waals surface area contributed by atoms with Crippen LogP contribution in [-0.4, -0.2) is 22.7 Å². The molecule has 5 nitrogen and oxygen atoms in total. The standard InChI is InChI=1S/C23H20FN3O2/c1-15-20(17-9-11-19(24)12-10-17)27-29-22(15)23(28)26-21(16-6-3-2-4-7-16)18-8-5-13-25-14-18/h2-15,21-22H,1H3,(H,26,28)/t15-,21-,22+/m1/s1. The molecule has 4 rings (SSSR count). The molecule has 3 aromatic rings. The smallest absolute Gasteiger partial charge is 0.265 e. The Hall–Kier alpha value is -3.54. The average Bonchev–Trinajstić information content (AvgIpc) is 3.15. The summed E-state index contributed by atoms with van der Waals surface area (Å²) < 4.78 is 13.2. The van der Waals surface area contributed by atoms with Gasteiger partial charge >= 0.3 is 0 Å². The Bertz CT molecular complexity index is 968. The number of hydrogen-bond acceptors (Lipinski definition) is 4. The minimum absolute atomic E-state index is 0.268. The lowest BCUT2D eigenvalue weighted by Gasteiger charge is -2.22. The van der Waals surface area contributed by atoms with Gasteiger partial charge in [0.15, 0.2) is 0 Å². The van der Waals surface area contributed by atoms with Gasteiger partial charge in [0.2, 0.25) is 6.10 Å². The van der Waals surface area contributed by atoms with Crippen molar-refractivity contribution in [2.75, 3.05) is 0 Å². The van der Waals surface area contributed by atoms with E-state index < -0.39 is 6.10 Å². The average molecular weight is 389 g/mol. The summed E-state index contributed by atoms with van der Waals surface area (Å²) in [6.07, 6.45) is 2.66. The summed E-state index contributed by atoms with van der Waals surface area (Å²) in [6.45, 7) is 1.88. The fourth-order valence-electron chi connectivity index (χ4n) is 3.42. The van der Waals surface area contributed by atoms with E-state index in [9.17, 15) is 9.18 Å². The van der Waals surface area contributed by atoms with Gasteiger partial charge < -0.3 is 10.2 Å². The van der Waals surface area contributed by atoms with E-state index in [0.29, 0.717) is 5.71 Å². The summed E-state index contributed by atoms with van der Waals surface area (Å²) in [7, 11) is 0. The fourth-order valence-corrected chi connectivity index (χ4v) is 3.42. The Morgan fingerprint density at radius 2 is 1.76 bits per heavy atom. The molecule has 146 valence electrons. The molecule has 1 amide bonds. The first-order chi connectivity index (χ1) is 14.1. The summed E-state index contributed by atoms with van der Waals surface area (Å²) in [5.74, 6) is -0.862. The summed E-state index contributed by atoms with van der Waals surface area (Å²) in [6, 6.07) is 19.1. The predicted octanol–water partition coefficient (Wildman–Crippen LogP) is 3.87. The van der Waals surface area contributed by atoms with Crippen molar-refractivity contribution in [1.29, 1.82) is 0 Å². The molecule has 0 saturated heterocycles. The van der Waals surface area contributed by atoms with Crippen LogP contribution in [0.4, 0.5) is 4.39 Å². The number of benzene rings is 2. The van der Waals surface area contributed by atoms with E-state index in [0.717, 1.165) is 16.7 Å². The first kappa shape index (κ1) is 18.8. The van der Waals surface area contributed by atoms with Crippen molar-refractivity contribution < 1.29 is 14.0 Å². The van der Waals surface area contributed by atoms with E-state index in [2.05, 4.69) is 15.5 Å². The number of carbonyl (C=O) groups excluding carboxylic acids is 1. The zero-order valence-electron chi connectivity index (χ0n) is 15.8. The lowest BCUT2D eigenvalue weighted by molar-refractivity contribution is -0.133. The lowest BCUT2D eigenvalue weighted by atomic mass is 9.93. The number of oxime groups is 1. The lowest BCUT2D eigenvalue weighted by Crippen LogP contribution is -2.41. The molecule has 6 heteroatoms. The monoisotopic (exact) mass is 389 g/mol. The third kappa shape index (κ3) is 4.01. The molecule has 2 aromatic carbocycles. The van der Waals surface area contributed by atoms with Gasteiger partial charge in [0.1, 0.15) is 5.82 Å². The van der Waals surface area contributed by atoms with Crippen molar-refractivity contribution in [3.05, 3.63) is 102 Å². The summed E-state index contributed by atoms with van der Waals surface area (Å²) in [4.78, 5) is 22.7. The molecular weight excluding hydrogens is 369 g/mol. The molecule has 2 heterocycles. The van der Waals surface area contributed by atoms with Crippen LogP contribution in [0.2, 0.25) is 0 Å². The maximum atomic E-state index is 13.2. The number of nitrogens with zero attached hydrogens (tertiary/aromatic N) is 2. The van der Waals surface area contributed by atoms with E-state index in [1.165, 1.54) is 12.1 Å². The minimum atomic E-state index is -0.766. The van der Waals surface area contributed by atoms with Crippen LogP contribution in [0.15, 0.2) is 84.3 Å². The molecule has 0 fully saturated rings. The third-order valence-corrected chi connectivity index (χ3v) is 4.99. The second-order valence-corrected chi connectivity index (χ2v) is 6.94. The van der Waals surface area contributed by atoms with Crippen LogP contribution in [0.25, 0.3) is 0 Å². The molecule has 1 aromatic heterocycles. The number of pyridine rings is 1. The van der Waals surface area contributed by atoms with Crippen LogP contribution in [0, 0.1) is 11.7 Å². The van der Waals surface area contributed by atoms with E-state index in [-0.39, 0.29) is 23.7 Å². The normalized spacial score (nSPS) is 19.2. The number of aromatic nitrogens is 1. The Labute approximate surface area is 168 Å². The Kier molecular flexibility index (Phi) is 5.33. The zero-order chi connectivity index (χ0) is 20.2. The predicted molar refractivity (Wildman–Crippen MR) is 108 cm³/mol. The molecule has 0 spiro atoms. The number of rotatable bonds is 5. The van der Waals surface area contributed by atoms with Gasteiger partial charge in [0.25, 0.3) is 5.91 Å². The van der Waals surface area contributed by atoms with E-state index >= 15 is 0 Å². The first-order valence-electron chi connectivity index (χ1n) is 9.38. The molecule has 1 aliphatic heterocycles. The van der Waals surface area contributed by atoms with Crippen molar-refractivity contribution in [3.8, 4) is 0 Å². The SMILES string of the molecule is C[C@@H]1C(c2ccc(F)cc2)=NO[C@@H]1C(=O)N[C@H](c1ccccc1)c1cccnc1. The number of nitrogens with one attached hydrogen (secondary N) is 1. The molecule has 1 aliphatic rings. The minimum Gasteiger partial charge on any atom is -0.381 e. The number of carbonyl (C=O) groups is 1. The summed E-state index contributed by atoms with van der Waals surface area (Å²) in [5.41, 5.74) is 3.18. The molecular formula is C23H20FN3O2. The highest BCUT2D eigenvalue weighted by Crippen LogP contribution is 2.26. The maximum absolute atomic E-state index is 13.2. The molecule has 0 unspecified atom stereocenters. The Balaban J connectivity index is 1.53. The van der Waals surface area contributed by atoms with Crippen molar-refractivity contribution in [2.24, 2.45) is 11.1 Å². The van der Waals surface area contributed by atoms with Crippen LogP contribution in [0.5, 0.6) is 0 Å². The molecule has 0 bridgehead atoms. The number of hydrogen-bond donors (Lipinski definition) is 1. The molecule has 0 aliphatic carbocycles. The van der Waals surface area contributed by atoms with Crippen LogP contribution in [0.3, 0.4) is 0 Å². The van der Waals surface area contributed by atoms with E-state index in [4.69, 9.17) is 4.84 Å². The largest absolute Gasteiger partial charge is 0.381 e. The van der Waals surface area contributed by atoms with Gasteiger partial charge in [0, 0.05) is 12.4 Å². The molecule has 1 N–H and O–H groups in total. The Morgan fingerprint density at radius 1 is 1.03 bits per heavy atom. The van der Waals surface area contributed by atoms with Crippen molar-refractivity contribution in [2.45, 2.75) is 19.1 Å². The quantitative estimate of drug-likeness (QED) is 0.721. The number of amides is 1.